The van der Waals surface area contributed by atoms with Gasteiger partial charge in [-0.25, -0.2) is 0 Å². The third-order valence-corrected chi connectivity index (χ3v) is 2.80. The van der Waals surface area contributed by atoms with Gasteiger partial charge in [0.05, 0.1) is 7.11 Å². The van der Waals surface area contributed by atoms with Crippen LogP contribution in [0.4, 0.5) is 0 Å². The average Bonchev–Trinajstić information content (AvgIpc) is 2.39. The lowest BCUT2D eigenvalue weighted by Crippen LogP contribution is -2.03. The highest BCUT2D eigenvalue weighted by atomic mass is 16.6. The summed E-state index contributed by atoms with van der Waals surface area (Å²) in [6.45, 7) is 3.42. The molecule has 2 rings (SSSR count). The zero-order valence-corrected chi connectivity index (χ0v) is 11.3. The number of hydrogen-bond acceptors (Lipinski definition) is 3. The summed E-state index contributed by atoms with van der Waals surface area (Å²) in [4.78, 5) is 11.1. The van der Waals surface area contributed by atoms with Gasteiger partial charge in [0.2, 0.25) is 0 Å². The second kappa shape index (κ2) is 5.57. The van der Waals surface area contributed by atoms with E-state index in [1.54, 1.807) is 13.2 Å². The molecule has 19 heavy (non-hydrogen) atoms. The molecular weight excluding hydrogens is 240 g/mol. The molecule has 0 heterocycles. The number of rotatable bonds is 3. The van der Waals surface area contributed by atoms with Gasteiger partial charge in [-0.3, -0.25) is 4.79 Å². The molecule has 0 N–H and O–H groups in total. The molecule has 98 valence electrons. The highest BCUT2D eigenvalue weighted by molar-refractivity contribution is 5.73. The van der Waals surface area contributed by atoms with Crippen molar-refractivity contribution in [2.24, 2.45) is 0 Å². The minimum Gasteiger partial charge on any atom is -0.493 e. The molecule has 0 bridgehead atoms. The topological polar surface area (TPSA) is 35.5 Å². The molecule has 0 unspecified atom stereocenters. The van der Waals surface area contributed by atoms with Gasteiger partial charge in [0.25, 0.3) is 0 Å². The fourth-order valence-electron chi connectivity index (χ4n) is 1.84. The minimum absolute atomic E-state index is 0.362. The molecule has 3 nitrogen and oxygen atoms in total. The van der Waals surface area contributed by atoms with Crippen LogP contribution in [0, 0.1) is 6.92 Å². The van der Waals surface area contributed by atoms with Crippen LogP contribution >= 0.6 is 0 Å². The highest BCUT2D eigenvalue weighted by Crippen LogP contribution is 2.32. The lowest BCUT2D eigenvalue weighted by Gasteiger charge is -2.10. The molecule has 0 atom stereocenters. The first-order chi connectivity index (χ1) is 9.10. The second-order valence-corrected chi connectivity index (χ2v) is 4.33. The Kier molecular flexibility index (Phi) is 3.85. The molecular formula is C16H16O3. The average molecular weight is 256 g/mol. The van der Waals surface area contributed by atoms with Crippen molar-refractivity contribution >= 4 is 5.97 Å². The second-order valence-electron chi connectivity index (χ2n) is 4.33. The number of esters is 1. The fraction of sp³-hybridized carbons (Fsp3) is 0.188. The molecule has 2 aromatic carbocycles. The van der Waals surface area contributed by atoms with Crippen LogP contribution in [0.15, 0.2) is 42.5 Å². The Morgan fingerprint density at radius 3 is 2.16 bits per heavy atom. The molecule has 0 aromatic heterocycles. The van der Waals surface area contributed by atoms with Crippen molar-refractivity contribution in [1.82, 2.24) is 0 Å². The Morgan fingerprint density at radius 2 is 1.58 bits per heavy atom. The van der Waals surface area contributed by atoms with Crippen molar-refractivity contribution in [2.45, 2.75) is 13.8 Å². The van der Waals surface area contributed by atoms with Gasteiger partial charge in [0.1, 0.15) is 0 Å². The summed E-state index contributed by atoms with van der Waals surface area (Å²) >= 11 is 0. The third-order valence-electron chi connectivity index (χ3n) is 2.80. The lowest BCUT2D eigenvalue weighted by atomic mass is 10.0. The first-order valence-corrected chi connectivity index (χ1v) is 6.03. The van der Waals surface area contributed by atoms with E-state index in [2.05, 4.69) is 0 Å². The van der Waals surface area contributed by atoms with E-state index in [1.807, 2.05) is 43.3 Å². The maximum Gasteiger partial charge on any atom is 0.308 e. The third kappa shape index (κ3) is 3.13. The van der Waals surface area contributed by atoms with Crippen LogP contribution in [0.25, 0.3) is 11.1 Å². The first kappa shape index (κ1) is 13.1. The Hall–Kier alpha value is -2.29. The quantitative estimate of drug-likeness (QED) is 0.621. The summed E-state index contributed by atoms with van der Waals surface area (Å²) in [5, 5.41) is 0. The Morgan fingerprint density at radius 1 is 0.947 bits per heavy atom. The van der Waals surface area contributed by atoms with E-state index in [1.165, 1.54) is 12.5 Å². The minimum atomic E-state index is -0.362. The number of carbonyl (C=O) groups excluding carboxylic acids is 1. The summed E-state index contributed by atoms with van der Waals surface area (Å²) in [7, 11) is 1.55. The van der Waals surface area contributed by atoms with E-state index in [0.29, 0.717) is 11.5 Å². The van der Waals surface area contributed by atoms with Gasteiger partial charge in [-0.15, -0.1) is 0 Å². The molecule has 0 aliphatic heterocycles. The predicted octanol–water partition coefficient (Wildman–Crippen LogP) is 3.60. The monoisotopic (exact) mass is 256 g/mol. The van der Waals surface area contributed by atoms with E-state index in [4.69, 9.17) is 9.47 Å². The summed E-state index contributed by atoms with van der Waals surface area (Å²) in [5.41, 5.74) is 3.26. The van der Waals surface area contributed by atoms with Crippen molar-refractivity contribution in [3.8, 4) is 22.6 Å². The number of hydrogen-bond donors (Lipinski definition) is 0. The molecule has 3 heteroatoms. The largest absolute Gasteiger partial charge is 0.493 e. The number of carbonyl (C=O) groups is 1. The molecule has 0 fully saturated rings. The van der Waals surface area contributed by atoms with E-state index < -0.39 is 0 Å². The zero-order valence-electron chi connectivity index (χ0n) is 11.3. The van der Waals surface area contributed by atoms with Crippen LogP contribution in [-0.4, -0.2) is 13.1 Å². The van der Waals surface area contributed by atoms with Gasteiger partial charge in [-0.1, -0.05) is 35.9 Å². The van der Waals surface area contributed by atoms with E-state index in [-0.39, 0.29) is 5.97 Å². The van der Waals surface area contributed by atoms with Gasteiger partial charge in [-0.05, 0) is 30.2 Å². The Labute approximate surface area is 112 Å². The molecule has 0 aliphatic carbocycles. The lowest BCUT2D eigenvalue weighted by molar-refractivity contribution is -0.132. The fourth-order valence-corrected chi connectivity index (χ4v) is 1.84. The van der Waals surface area contributed by atoms with Crippen LogP contribution in [0.2, 0.25) is 0 Å². The number of ether oxygens (including phenoxy) is 2. The number of aryl methyl sites for hydroxylation is 1. The van der Waals surface area contributed by atoms with Gasteiger partial charge in [0, 0.05) is 6.92 Å². The van der Waals surface area contributed by atoms with Crippen LogP contribution in [0.5, 0.6) is 11.5 Å². The predicted molar refractivity (Wildman–Crippen MR) is 74.5 cm³/mol. The Bertz CT molecular complexity index is 585. The van der Waals surface area contributed by atoms with Gasteiger partial charge < -0.3 is 9.47 Å². The smallest absolute Gasteiger partial charge is 0.308 e. The zero-order chi connectivity index (χ0) is 13.8. The summed E-state index contributed by atoms with van der Waals surface area (Å²) < 4.78 is 10.3. The standard InChI is InChI=1S/C16H16O3/c1-11-4-6-13(7-5-11)14-8-9-15(18-3)16(10-14)19-12(2)17/h4-10H,1-3H3. The molecule has 0 saturated carbocycles. The molecule has 0 spiro atoms. The van der Waals surface area contributed by atoms with Gasteiger partial charge in [-0.2, -0.15) is 0 Å². The normalized spacial score (nSPS) is 10.1. The summed E-state index contributed by atoms with van der Waals surface area (Å²) in [5.74, 6) is 0.624. The molecule has 0 amide bonds. The van der Waals surface area contributed by atoms with Crippen LogP contribution in [-0.2, 0) is 4.79 Å². The number of benzene rings is 2. The van der Waals surface area contributed by atoms with Crippen LogP contribution < -0.4 is 9.47 Å². The summed E-state index contributed by atoms with van der Waals surface area (Å²) in [6, 6.07) is 13.7. The Balaban J connectivity index is 2.42. The van der Waals surface area contributed by atoms with Crippen LogP contribution in [0.3, 0.4) is 0 Å². The molecule has 0 saturated heterocycles. The van der Waals surface area contributed by atoms with Gasteiger partial charge in [0.15, 0.2) is 11.5 Å². The van der Waals surface area contributed by atoms with E-state index in [0.717, 1.165) is 11.1 Å². The number of methoxy groups -OCH3 is 1. The SMILES string of the molecule is COc1ccc(-c2ccc(C)cc2)cc1OC(C)=O. The van der Waals surface area contributed by atoms with Crippen molar-refractivity contribution in [3.63, 3.8) is 0 Å². The maximum absolute atomic E-state index is 11.1. The van der Waals surface area contributed by atoms with Crippen LogP contribution in [0.1, 0.15) is 12.5 Å². The van der Waals surface area contributed by atoms with Crippen molar-refractivity contribution in [1.29, 1.82) is 0 Å². The van der Waals surface area contributed by atoms with Gasteiger partial charge >= 0.3 is 5.97 Å². The maximum atomic E-state index is 11.1. The van der Waals surface area contributed by atoms with Crippen molar-refractivity contribution in [2.75, 3.05) is 7.11 Å². The molecule has 0 aliphatic rings. The van der Waals surface area contributed by atoms with E-state index in [9.17, 15) is 4.79 Å². The summed E-state index contributed by atoms with van der Waals surface area (Å²) in [6.07, 6.45) is 0. The van der Waals surface area contributed by atoms with E-state index >= 15 is 0 Å². The highest BCUT2D eigenvalue weighted by Gasteiger charge is 2.09. The van der Waals surface area contributed by atoms with Crippen molar-refractivity contribution < 1.29 is 14.3 Å². The first-order valence-electron chi connectivity index (χ1n) is 6.03. The molecule has 0 radical (unpaired) electrons. The molecule has 2 aromatic rings. The van der Waals surface area contributed by atoms with Crippen molar-refractivity contribution in [3.05, 3.63) is 48.0 Å².